The van der Waals surface area contributed by atoms with Crippen molar-refractivity contribution in [2.45, 2.75) is 241 Å². The van der Waals surface area contributed by atoms with E-state index in [2.05, 4.69) is 57.8 Å². The fourth-order valence-electron chi connectivity index (χ4n) is 16.5. The zero-order valence-corrected chi connectivity index (χ0v) is 76.5. The van der Waals surface area contributed by atoms with Gasteiger partial charge in [-0.3, -0.25) is 91.1 Å². The number of phenols is 1. The second kappa shape index (κ2) is 50.0. The minimum atomic E-state index is -1.94. The average Bonchev–Trinajstić information content (AvgIpc) is 1.72. The number of ketones is 1. The number of carboxylic acid groups (broad SMARTS) is 3. The highest BCUT2D eigenvalue weighted by Gasteiger charge is 2.47. The Morgan fingerprint density at radius 3 is 1.64 bits per heavy atom. The highest BCUT2D eigenvalue weighted by Crippen LogP contribution is 2.30. The maximum absolute atomic E-state index is 15.8. The monoisotopic (exact) mass is 1870 g/mol. The maximum Gasteiger partial charge on any atom is 0.305 e. The zero-order chi connectivity index (χ0) is 97.8. The van der Waals surface area contributed by atoms with Gasteiger partial charge < -0.3 is 119 Å². The Morgan fingerprint density at radius 2 is 1.06 bits per heavy atom. The molecule has 724 valence electrons. The molecule has 42 nitrogen and oxygen atoms in total. The number of fused-ring (bicyclic) bond motifs is 4. The predicted molar refractivity (Wildman–Crippen MR) is 482 cm³/mol. The molecule has 15 amide bonds. The number of H-pyrrole nitrogens is 2. The number of aliphatic carboxylic acids is 3. The van der Waals surface area contributed by atoms with Crippen molar-refractivity contribution in [1.82, 2.24) is 82.3 Å². The van der Waals surface area contributed by atoms with E-state index < -0.39 is 279 Å². The largest absolute Gasteiger partial charge is 0.508 e. The summed E-state index contributed by atoms with van der Waals surface area (Å²) in [6.07, 6.45) is -2.99. The van der Waals surface area contributed by atoms with Gasteiger partial charge >= 0.3 is 17.9 Å². The molecule has 3 fully saturated rings. The van der Waals surface area contributed by atoms with Gasteiger partial charge in [0.2, 0.25) is 88.6 Å². The molecule has 5 aromatic rings. The van der Waals surface area contributed by atoms with E-state index in [-0.39, 0.29) is 82.9 Å². The van der Waals surface area contributed by atoms with Gasteiger partial charge in [0.25, 0.3) is 0 Å². The van der Waals surface area contributed by atoms with Crippen LogP contribution in [0, 0.1) is 11.8 Å². The Kier molecular flexibility index (Phi) is 39.6. The molecule has 15 atom stereocenters. The number of amides is 15. The molecule has 0 unspecified atom stereocenters. The summed E-state index contributed by atoms with van der Waals surface area (Å²) in [5.41, 5.74) is 7.91. The van der Waals surface area contributed by atoms with Gasteiger partial charge in [0.05, 0.1) is 37.5 Å². The number of nitrogens with two attached hydrogens (primary N) is 1. The third kappa shape index (κ3) is 29.7. The van der Waals surface area contributed by atoms with Crippen LogP contribution in [0.4, 0.5) is 0 Å². The molecule has 0 saturated carbocycles. The minimum Gasteiger partial charge on any atom is -0.508 e. The number of carbonyl (C=O) groups excluding carboxylic acids is 16. The number of aromatic nitrogens is 2. The van der Waals surface area contributed by atoms with Crippen LogP contribution in [0.3, 0.4) is 0 Å². The normalized spacial score (nSPS) is 25.0. The highest BCUT2D eigenvalue weighted by molar-refractivity contribution is 8.00. The van der Waals surface area contributed by atoms with Crippen molar-refractivity contribution >= 4 is 146 Å². The van der Waals surface area contributed by atoms with Crippen LogP contribution in [-0.2, 0) is 110 Å². The first-order valence-electron chi connectivity index (χ1n) is 44.5. The second-order valence-corrected chi connectivity index (χ2v) is 35.3. The van der Waals surface area contributed by atoms with Crippen molar-refractivity contribution < 1.29 is 122 Å². The molecule has 133 heavy (non-hydrogen) atoms. The number of benzene rings is 3. The van der Waals surface area contributed by atoms with Gasteiger partial charge in [0, 0.05) is 119 Å². The van der Waals surface area contributed by atoms with E-state index in [4.69, 9.17) is 5.73 Å². The fourth-order valence-corrected chi connectivity index (χ4v) is 17.3. The molecule has 3 aromatic carbocycles. The number of likely N-dealkylation sites (N-methyl/N-ethyl adjacent to an activating group) is 3. The first-order chi connectivity index (χ1) is 63.1. The van der Waals surface area contributed by atoms with Gasteiger partial charge in [-0.05, 0) is 105 Å². The first-order valence-corrected chi connectivity index (χ1v) is 45.6. The Balaban J connectivity index is 1.20. The second-order valence-electron chi connectivity index (χ2n) is 34.3. The van der Waals surface area contributed by atoms with E-state index in [1.54, 1.807) is 88.6 Å². The number of rotatable bonds is 26. The number of thioether (sulfide) groups is 1. The number of hydrogen-bond donors (Lipinski definition) is 18. The summed E-state index contributed by atoms with van der Waals surface area (Å²) >= 11 is 0.684. The molecule has 0 bridgehead atoms. The third-order valence-electron chi connectivity index (χ3n) is 23.9. The van der Waals surface area contributed by atoms with Gasteiger partial charge in [0.15, 0.2) is 5.78 Å². The Labute approximate surface area is 771 Å². The van der Waals surface area contributed by atoms with Crippen molar-refractivity contribution in [2.24, 2.45) is 17.6 Å². The van der Waals surface area contributed by atoms with Crippen LogP contribution in [-0.4, -0.2) is 321 Å². The summed E-state index contributed by atoms with van der Waals surface area (Å²) < 4.78 is 0. The number of para-hydroxylation sites is 2. The number of nitrogens with one attached hydrogen (secondary N) is 11. The SMILES string of the molecule is CCCC[C@H]1C(=O)N(C)[C@@H](CCCC)C(=O)N[C@@H](CCC(=O)O)C(=O)N[C@H](C(=O)NCC(N)=O)CSCC(=O)N[C@@H](Cc2ccc(O)cc2)C(=O)N(C)[C@@H](C)C(=O)N[C@@H](CC(=O)O)C(=O)N2CCC[C@H]2C(=O)N[C@@H](CO)C(=O)N[C@@H](CC(C)C)C(=O)N2C[C@H](O)C[C@H]2C(=O)C[C@@H](Cc2c[nH]c3ccccc23)C(=O)N[C@@H](CCC(=O)O)C(=O)N[C@@H](Cc2c[nH]c3ccccc23)C(=O)N1C. The number of phenolic OH excluding ortho intramolecular Hbond substituents is 1. The topological polar surface area (TPSA) is 628 Å². The number of Topliss-reactive ketones (excluding diaryl/α,β-unsaturated/α-hetero) is 1. The smallest absolute Gasteiger partial charge is 0.305 e. The molecule has 0 spiro atoms. The van der Waals surface area contributed by atoms with Gasteiger partial charge in [-0.1, -0.05) is 102 Å². The van der Waals surface area contributed by atoms with E-state index in [1.165, 1.54) is 45.3 Å². The number of primary amides is 1. The number of carboxylic acids is 3. The molecular weight excluding hydrogens is 1750 g/mol. The molecule has 0 aliphatic carbocycles. The lowest BCUT2D eigenvalue weighted by atomic mass is 9.89. The quantitative estimate of drug-likeness (QED) is 0.0324. The molecule has 3 aliphatic rings. The predicted octanol–water partition coefficient (Wildman–Crippen LogP) is -0.738. The van der Waals surface area contributed by atoms with Gasteiger partial charge in [-0.2, -0.15) is 0 Å². The molecule has 8 rings (SSSR count). The van der Waals surface area contributed by atoms with Gasteiger partial charge in [-0.15, -0.1) is 11.8 Å². The zero-order valence-electron chi connectivity index (χ0n) is 75.7. The van der Waals surface area contributed by atoms with E-state index in [0.717, 1.165) is 31.5 Å². The minimum absolute atomic E-state index is 0.0699. The summed E-state index contributed by atoms with van der Waals surface area (Å²) in [4.78, 5) is 284. The number of aromatic amines is 2. The van der Waals surface area contributed by atoms with Crippen molar-refractivity contribution in [3.8, 4) is 5.75 Å². The van der Waals surface area contributed by atoms with Crippen LogP contribution in [0.2, 0.25) is 0 Å². The van der Waals surface area contributed by atoms with Crippen molar-refractivity contribution in [3.63, 3.8) is 0 Å². The first kappa shape index (κ1) is 105. The fraction of sp³-hybridized carbons (Fsp3) is 0.544. The summed E-state index contributed by atoms with van der Waals surface area (Å²) in [5.74, 6) is -23.8. The lowest BCUT2D eigenvalue weighted by molar-refractivity contribution is -0.149. The standard InChI is InChI=1S/C90H123N17O25S/c1-9-11-22-68-84(126)97-61(30-32-76(116)117)82(124)102-67(80(122)94-43-73(91)112)46-133-47-74(113)95-63(35-50-25-27-54(109)28-26-50)86(128)103(6)49(5)78(120)98-65(40-77(118)119)88(130)106-33-17-24-69(106)85(127)101-66(45-108)83(125)99-62(34-48(3)4)89(131)107-44-55(110)39-71(107)72(111)38-51(36-52-41-92-58-20-15-13-18-56(52)58)79(121)96-60(29-31-75(114)115)81(123)100-64(37-53-42-93-59-21-16-14-19-57(53)59)87(129)105(8)70(23-12-10-2)90(132)104(68)7/h13-16,18-21,25-28,41-42,48-49,51,55,60-71,92-93,108-110H,9-12,17,22-24,29-40,43-47H2,1-8H3,(H2,91,112)(H,94,122)(H,95,113)(H,96,121)(H,97,126)(H,98,120)(H,99,125)(H,100,123)(H,101,127)(H,102,124)(H,114,115)(H,116,117)(H,118,119)/t49-,51+,55+,60-,61-,62-,63-,64-,65-,66-,67-,68-,69-,70-,71-/m0/s1. The van der Waals surface area contributed by atoms with Gasteiger partial charge in [-0.25, -0.2) is 0 Å². The number of aliphatic hydroxyl groups excluding tert-OH is 2. The molecule has 19 N–H and O–H groups in total. The average molecular weight is 1880 g/mol. The molecule has 5 heterocycles. The number of unbranched alkanes of at least 4 members (excludes halogenated alkanes) is 2. The van der Waals surface area contributed by atoms with E-state index in [1.807, 2.05) is 0 Å². The lowest BCUT2D eigenvalue weighted by Crippen LogP contribution is -2.60. The van der Waals surface area contributed by atoms with Crippen molar-refractivity contribution in [2.75, 3.05) is 58.9 Å². The molecular formula is C90H123N17O25S. The third-order valence-corrected chi connectivity index (χ3v) is 25.0. The van der Waals surface area contributed by atoms with Crippen molar-refractivity contribution in [3.05, 3.63) is 102 Å². The van der Waals surface area contributed by atoms with Crippen LogP contribution in [0.15, 0.2) is 85.2 Å². The number of carbonyl (C=O) groups is 19. The van der Waals surface area contributed by atoms with Crippen LogP contribution >= 0.6 is 11.8 Å². The molecule has 3 aliphatic heterocycles. The summed E-state index contributed by atoms with van der Waals surface area (Å²) in [6.45, 7) is 5.60. The Bertz CT molecular complexity index is 5040. The summed E-state index contributed by atoms with van der Waals surface area (Å²) in [7, 11) is 3.72. The molecule has 3 saturated heterocycles. The van der Waals surface area contributed by atoms with E-state index in [0.29, 0.717) is 63.1 Å². The molecule has 0 radical (unpaired) electrons. The van der Waals surface area contributed by atoms with E-state index in [9.17, 15) is 88.2 Å². The number of nitrogens with zero attached hydrogens (tertiary/aromatic N) is 5. The lowest BCUT2D eigenvalue weighted by Gasteiger charge is -2.36. The number of aliphatic hydroxyl groups is 2. The van der Waals surface area contributed by atoms with E-state index >= 15 is 33.6 Å². The number of hydrogen-bond acceptors (Lipinski definition) is 23. The van der Waals surface area contributed by atoms with Crippen LogP contribution in [0.5, 0.6) is 5.75 Å². The number of aromatic hydroxyl groups is 1. The summed E-state index contributed by atoms with van der Waals surface area (Å²) in [5, 5.41) is 86.7. The van der Waals surface area contributed by atoms with Gasteiger partial charge in [0.1, 0.15) is 78.3 Å². The van der Waals surface area contributed by atoms with Crippen LogP contribution < -0.4 is 53.6 Å². The Hall–Kier alpha value is -13.1. The Morgan fingerprint density at radius 1 is 0.541 bits per heavy atom. The highest BCUT2D eigenvalue weighted by atomic mass is 32.2. The molecule has 43 heteroatoms. The van der Waals surface area contributed by atoms with Crippen molar-refractivity contribution in [1.29, 1.82) is 0 Å². The summed E-state index contributed by atoms with van der Waals surface area (Å²) in [6, 6.07) is -2.15. The van der Waals surface area contributed by atoms with Crippen LogP contribution in [0.1, 0.15) is 154 Å². The molecule has 2 aromatic heterocycles. The maximum atomic E-state index is 15.8. The van der Waals surface area contributed by atoms with Crippen LogP contribution in [0.25, 0.3) is 21.8 Å².